The first-order valence-electron chi connectivity index (χ1n) is 9.08. The van der Waals surface area contributed by atoms with Crippen molar-refractivity contribution >= 4 is 5.91 Å². The van der Waals surface area contributed by atoms with Crippen LogP contribution < -0.4 is 5.32 Å². The van der Waals surface area contributed by atoms with Gasteiger partial charge in [0.1, 0.15) is 0 Å². The SMILES string of the molecule is CC.CCCCCCCCCCCCCNC(=O)CC. The second kappa shape index (κ2) is 20.8. The number of nitrogens with one attached hydrogen (secondary N) is 1. The first kappa shape index (κ1) is 21.8. The summed E-state index contributed by atoms with van der Waals surface area (Å²) in [5.41, 5.74) is 0. The smallest absolute Gasteiger partial charge is 0.219 e. The molecule has 2 heteroatoms. The Balaban J connectivity index is 0. The summed E-state index contributed by atoms with van der Waals surface area (Å²) in [7, 11) is 0. The first-order chi connectivity index (χ1) is 9.81. The molecule has 1 amide bonds. The van der Waals surface area contributed by atoms with Crippen LogP contribution in [-0.4, -0.2) is 12.5 Å². The quantitative estimate of drug-likeness (QED) is 0.422. The zero-order chi connectivity index (χ0) is 15.5. The van der Waals surface area contributed by atoms with Crippen molar-refractivity contribution < 1.29 is 4.79 Å². The van der Waals surface area contributed by atoms with Gasteiger partial charge >= 0.3 is 0 Å². The van der Waals surface area contributed by atoms with Crippen LogP contribution in [0.2, 0.25) is 0 Å². The molecule has 0 aliphatic heterocycles. The molecule has 1 N–H and O–H groups in total. The first-order valence-corrected chi connectivity index (χ1v) is 9.08. The summed E-state index contributed by atoms with van der Waals surface area (Å²) < 4.78 is 0. The van der Waals surface area contributed by atoms with Gasteiger partial charge in [-0.25, -0.2) is 0 Å². The van der Waals surface area contributed by atoms with E-state index in [1.54, 1.807) is 0 Å². The van der Waals surface area contributed by atoms with Gasteiger partial charge in [-0.2, -0.15) is 0 Å². The minimum absolute atomic E-state index is 0.182. The van der Waals surface area contributed by atoms with Crippen LogP contribution in [0.15, 0.2) is 0 Å². The number of carbonyl (C=O) groups is 1. The molecule has 0 atom stereocenters. The fourth-order valence-electron chi connectivity index (χ4n) is 2.14. The Morgan fingerprint density at radius 2 is 1.10 bits per heavy atom. The maximum atomic E-state index is 11.0. The van der Waals surface area contributed by atoms with Gasteiger partial charge in [-0.05, 0) is 6.42 Å². The number of rotatable bonds is 13. The van der Waals surface area contributed by atoms with Crippen LogP contribution in [0.4, 0.5) is 0 Å². The van der Waals surface area contributed by atoms with E-state index in [1.165, 1.54) is 64.2 Å². The lowest BCUT2D eigenvalue weighted by Gasteiger charge is -2.04. The van der Waals surface area contributed by atoms with Crippen molar-refractivity contribution in [1.82, 2.24) is 5.32 Å². The lowest BCUT2D eigenvalue weighted by molar-refractivity contribution is -0.120. The van der Waals surface area contributed by atoms with Gasteiger partial charge < -0.3 is 5.32 Å². The Hall–Kier alpha value is -0.530. The molecule has 0 radical (unpaired) electrons. The summed E-state index contributed by atoms with van der Waals surface area (Å²) in [6, 6.07) is 0. The van der Waals surface area contributed by atoms with E-state index in [0.717, 1.165) is 13.0 Å². The van der Waals surface area contributed by atoms with Gasteiger partial charge in [-0.1, -0.05) is 91.9 Å². The molecule has 0 aromatic rings. The molecule has 0 saturated heterocycles. The second-order valence-corrected chi connectivity index (χ2v) is 5.24. The zero-order valence-corrected chi connectivity index (χ0v) is 14.6. The molecule has 0 saturated carbocycles. The predicted molar refractivity (Wildman–Crippen MR) is 91.1 cm³/mol. The van der Waals surface area contributed by atoms with Gasteiger partial charge in [0.2, 0.25) is 5.91 Å². The highest BCUT2D eigenvalue weighted by Gasteiger charge is 1.95. The molecule has 0 spiro atoms. The molecular weight excluding hydrogens is 246 g/mol. The van der Waals surface area contributed by atoms with Crippen molar-refractivity contribution in [3.05, 3.63) is 0 Å². The number of hydrogen-bond acceptors (Lipinski definition) is 1. The lowest BCUT2D eigenvalue weighted by Crippen LogP contribution is -2.23. The molecule has 0 aromatic heterocycles. The summed E-state index contributed by atoms with van der Waals surface area (Å²) in [4.78, 5) is 11.0. The average molecular weight is 286 g/mol. The van der Waals surface area contributed by atoms with Crippen molar-refractivity contribution in [2.45, 2.75) is 105 Å². The van der Waals surface area contributed by atoms with Gasteiger partial charge in [-0.15, -0.1) is 0 Å². The van der Waals surface area contributed by atoms with E-state index in [9.17, 15) is 4.79 Å². The summed E-state index contributed by atoms with van der Waals surface area (Å²) in [5, 5.41) is 2.92. The lowest BCUT2D eigenvalue weighted by atomic mass is 10.1. The third-order valence-corrected chi connectivity index (χ3v) is 3.42. The van der Waals surface area contributed by atoms with E-state index in [1.807, 2.05) is 20.8 Å². The van der Waals surface area contributed by atoms with Crippen molar-refractivity contribution in [2.75, 3.05) is 6.54 Å². The largest absolute Gasteiger partial charge is 0.356 e. The third kappa shape index (κ3) is 19.8. The summed E-state index contributed by atoms with van der Waals surface area (Å²) in [6.07, 6.45) is 15.5. The van der Waals surface area contributed by atoms with E-state index >= 15 is 0 Å². The molecule has 2 nitrogen and oxygen atoms in total. The maximum absolute atomic E-state index is 11.0. The van der Waals surface area contributed by atoms with Crippen molar-refractivity contribution in [2.24, 2.45) is 0 Å². The molecule has 0 aliphatic rings. The van der Waals surface area contributed by atoms with Crippen molar-refractivity contribution in [1.29, 1.82) is 0 Å². The summed E-state index contributed by atoms with van der Waals surface area (Å²) in [5.74, 6) is 0.182. The number of hydrogen-bond donors (Lipinski definition) is 1. The van der Waals surface area contributed by atoms with E-state index in [0.29, 0.717) is 6.42 Å². The highest BCUT2D eigenvalue weighted by atomic mass is 16.1. The number of unbranched alkanes of at least 4 members (excludes halogenated alkanes) is 10. The molecule has 0 unspecified atom stereocenters. The molecule has 0 fully saturated rings. The normalized spacial score (nSPS) is 9.80. The summed E-state index contributed by atoms with van der Waals surface area (Å²) in [6.45, 7) is 9.03. The van der Waals surface area contributed by atoms with Crippen molar-refractivity contribution in [3.8, 4) is 0 Å². The van der Waals surface area contributed by atoms with Gasteiger partial charge in [0.15, 0.2) is 0 Å². The minimum Gasteiger partial charge on any atom is -0.356 e. The molecule has 0 aliphatic carbocycles. The molecule has 0 aromatic carbocycles. The summed E-state index contributed by atoms with van der Waals surface area (Å²) >= 11 is 0. The highest BCUT2D eigenvalue weighted by Crippen LogP contribution is 2.10. The van der Waals surface area contributed by atoms with Gasteiger partial charge in [0.25, 0.3) is 0 Å². The van der Waals surface area contributed by atoms with E-state index in [4.69, 9.17) is 0 Å². The van der Waals surface area contributed by atoms with Crippen LogP contribution >= 0.6 is 0 Å². The Morgan fingerprint density at radius 3 is 1.50 bits per heavy atom. The Kier molecular flexibility index (Phi) is 22.6. The van der Waals surface area contributed by atoms with Crippen molar-refractivity contribution in [3.63, 3.8) is 0 Å². The number of amides is 1. The maximum Gasteiger partial charge on any atom is 0.219 e. The molecule has 0 bridgehead atoms. The highest BCUT2D eigenvalue weighted by molar-refractivity contribution is 5.75. The zero-order valence-electron chi connectivity index (χ0n) is 14.6. The topological polar surface area (TPSA) is 29.1 Å². The minimum atomic E-state index is 0.182. The Bertz CT molecular complexity index is 180. The molecule has 0 rings (SSSR count). The Labute approximate surface area is 128 Å². The van der Waals surface area contributed by atoms with E-state index in [-0.39, 0.29) is 5.91 Å². The van der Waals surface area contributed by atoms with Gasteiger partial charge in [0.05, 0.1) is 0 Å². The van der Waals surface area contributed by atoms with Crippen LogP contribution in [-0.2, 0) is 4.79 Å². The molecule has 122 valence electrons. The fraction of sp³-hybridized carbons (Fsp3) is 0.944. The number of carbonyl (C=O) groups excluding carboxylic acids is 1. The van der Waals surface area contributed by atoms with Crippen LogP contribution in [0.1, 0.15) is 105 Å². The van der Waals surface area contributed by atoms with E-state index < -0.39 is 0 Å². The predicted octanol–water partition coefficient (Wildman–Crippen LogP) is 5.85. The molecule has 20 heavy (non-hydrogen) atoms. The standard InChI is InChI=1S/C16H33NO.C2H6/c1-3-5-6-7-8-9-10-11-12-13-14-15-17-16(18)4-2;1-2/h3-15H2,1-2H3,(H,17,18);1-2H3. The van der Waals surface area contributed by atoms with E-state index in [2.05, 4.69) is 12.2 Å². The fourth-order valence-corrected chi connectivity index (χ4v) is 2.14. The van der Waals surface area contributed by atoms with Crippen LogP contribution in [0.3, 0.4) is 0 Å². The third-order valence-electron chi connectivity index (χ3n) is 3.42. The van der Waals surface area contributed by atoms with Gasteiger partial charge in [-0.3, -0.25) is 4.79 Å². The van der Waals surface area contributed by atoms with Crippen LogP contribution in [0.5, 0.6) is 0 Å². The van der Waals surface area contributed by atoms with Gasteiger partial charge in [0, 0.05) is 13.0 Å². The second-order valence-electron chi connectivity index (χ2n) is 5.24. The Morgan fingerprint density at radius 1 is 0.700 bits per heavy atom. The monoisotopic (exact) mass is 285 g/mol. The molecule has 0 heterocycles. The van der Waals surface area contributed by atoms with Crippen LogP contribution in [0, 0.1) is 0 Å². The van der Waals surface area contributed by atoms with Crippen LogP contribution in [0.25, 0.3) is 0 Å². The average Bonchev–Trinajstić information content (AvgIpc) is 2.50. The molecular formula is C18H39NO.